The van der Waals surface area contributed by atoms with Gasteiger partial charge < -0.3 is 9.47 Å². The third-order valence-electron chi connectivity index (χ3n) is 3.40. The van der Waals surface area contributed by atoms with Gasteiger partial charge in [0, 0.05) is 29.5 Å². The van der Waals surface area contributed by atoms with Gasteiger partial charge in [0.2, 0.25) is 0 Å². The Kier molecular flexibility index (Phi) is 2.51. The molecule has 0 amide bonds. The maximum atomic E-state index is 11.8. The van der Waals surface area contributed by atoms with E-state index in [1.54, 1.807) is 6.92 Å². The SMILES string of the molecule is CC(=O)c1c2c(c(CCl)c3c1OCC3)OCC2. The average Bonchev–Trinajstić information content (AvgIpc) is 2.92. The number of hydrogen-bond acceptors (Lipinski definition) is 3. The smallest absolute Gasteiger partial charge is 0.163 e. The Bertz CT molecular complexity index is 473. The lowest BCUT2D eigenvalue weighted by Gasteiger charge is -2.14. The maximum absolute atomic E-state index is 11.8. The van der Waals surface area contributed by atoms with E-state index in [0.717, 1.165) is 41.0 Å². The van der Waals surface area contributed by atoms with Gasteiger partial charge in [0.15, 0.2) is 5.78 Å². The minimum absolute atomic E-state index is 0.0472. The molecule has 3 nitrogen and oxygen atoms in total. The van der Waals surface area contributed by atoms with Crippen molar-refractivity contribution in [3.63, 3.8) is 0 Å². The van der Waals surface area contributed by atoms with Crippen LogP contribution in [0.1, 0.15) is 34.0 Å². The predicted octanol–water partition coefficient (Wildman–Crippen LogP) is 2.50. The molecule has 1 aromatic rings. The highest BCUT2D eigenvalue weighted by molar-refractivity contribution is 6.17. The lowest BCUT2D eigenvalue weighted by Crippen LogP contribution is -2.03. The average molecular weight is 253 g/mol. The molecule has 17 heavy (non-hydrogen) atoms. The van der Waals surface area contributed by atoms with E-state index in [4.69, 9.17) is 21.1 Å². The summed E-state index contributed by atoms with van der Waals surface area (Å²) in [5.74, 6) is 2.03. The van der Waals surface area contributed by atoms with Crippen LogP contribution in [-0.4, -0.2) is 19.0 Å². The lowest BCUT2D eigenvalue weighted by atomic mass is 9.93. The van der Waals surface area contributed by atoms with Gasteiger partial charge in [0.25, 0.3) is 0 Å². The Morgan fingerprint density at radius 3 is 2.47 bits per heavy atom. The number of ketones is 1. The van der Waals surface area contributed by atoms with Crippen molar-refractivity contribution >= 4 is 17.4 Å². The second-order valence-corrected chi connectivity index (χ2v) is 4.62. The van der Waals surface area contributed by atoms with Crippen LogP contribution in [0, 0.1) is 0 Å². The second-order valence-electron chi connectivity index (χ2n) is 4.36. The van der Waals surface area contributed by atoms with Crippen LogP contribution in [0.2, 0.25) is 0 Å². The summed E-state index contributed by atoms with van der Waals surface area (Å²) in [6, 6.07) is 0. The molecular weight excluding hydrogens is 240 g/mol. The predicted molar refractivity (Wildman–Crippen MR) is 64.4 cm³/mol. The normalized spacial score (nSPS) is 16.1. The Balaban J connectivity index is 2.34. The van der Waals surface area contributed by atoms with Crippen molar-refractivity contribution in [1.29, 1.82) is 0 Å². The topological polar surface area (TPSA) is 35.5 Å². The van der Waals surface area contributed by atoms with E-state index in [9.17, 15) is 4.79 Å². The zero-order valence-electron chi connectivity index (χ0n) is 9.64. The monoisotopic (exact) mass is 252 g/mol. The van der Waals surface area contributed by atoms with E-state index >= 15 is 0 Å². The fourth-order valence-corrected chi connectivity index (χ4v) is 3.00. The molecule has 0 N–H and O–H groups in total. The van der Waals surface area contributed by atoms with Gasteiger partial charge in [-0.15, -0.1) is 11.6 Å². The molecule has 0 spiro atoms. The number of carbonyl (C=O) groups excluding carboxylic acids is 1. The first-order chi connectivity index (χ1) is 8.24. The van der Waals surface area contributed by atoms with Crippen LogP contribution in [0.4, 0.5) is 0 Å². The summed E-state index contributed by atoms with van der Waals surface area (Å²) in [5, 5.41) is 0. The molecule has 0 fully saturated rings. The molecule has 2 aliphatic heterocycles. The van der Waals surface area contributed by atoms with E-state index in [-0.39, 0.29) is 5.78 Å². The molecule has 0 saturated carbocycles. The molecule has 0 radical (unpaired) electrons. The van der Waals surface area contributed by atoms with Crippen molar-refractivity contribution < 1.29 is 14.3 Å². The first-order valence-electron chi connectivity index (χ1n) is 5.77. The molecule has 2 aliphatic rings. The molecule has 90 valence electrons. The Labute approximate surface area is 105 Å². The number of halogens is 1. The Morgan fingerprint density at radius 1 is 1.18 bits per heavy atom. The van der Waals surface area contributed by atoms with Gasteiger partial charge in [-0.1, -0.05) is 0 Å². The highest BCUT2D eigenvalue weighted by Gasteiger charge is 2.32. The van der Waals surface area contributed by atoms with E-state index in [1.807, 2.05) is 0 Å². The third kappa shape index (κ3) is 1.45. The van der Waals surface area contributed by atoms with Gasteiger partial charge in [0.05, 0.1) is 24.7 Å². The summed E-state index contributed by atoms with van der Waals surface area (Å²) in [5.41, 5.74) is 3.76. The summed E-state index contributed by atoms with van der Waals surface area (Å²) < 4.78 is 11.3. The number of ether oxygens (including phenoxy) is 2. The van der Waals surface area contributed by atoms with Crippen molar-refractivity contribution in [3.05, 3.63) is 22.3 Å². The molecule has 4 heteroatoms. The number of carbonyl (C=O) groups is 1. The highest BCUT2D eigenvalue weighted by Crippen LogP contribution is 2.45. The van der Waals surface area contributed by atoms with Crippen LogP contribution in [0.15, 0.2) is 0 Å². The van der Waals surface area contributed by atoms with Gasteiger partial charge in [-0.25, -0.2) is 0 Å². The molecule has 0 aromatic heterocycles. The number of alkyl halides is 1. The van der Waals surface area contributed by atoms with E-state index in [0.29, 0.717) is 24.7 Å². The Hall–Kier alpha value is -1.22. The van der Waals surface area contributed by atoms with E-state index in [2.05, 4.69) is 0 Å². The molecular formula is C13H13ClO3. The van der Waals surface area contributed by atoms with Crippen molar-refractivity contribution in [2.45, 2.75) is 25.6 Å². The largest absolute Gasteiger partial charge is 0.493 e. The summed E-state index contributed by atoms with van der Waals surface area (Å²) in [6.07, 6.45) is 1.58. The maximum Gasteiger partial charge on any atom is 0.163 e. The van der Waals surface area contributed by atoms with Crippen molar-refractivity contribution in [3.8, 4) is 11.5 Å². The van der Waals surface area contributed by atoms with E-state index in [1.165, 1.54) is 0 Å². The van der Waals surface area contributed by atoms with Crippen LogP contribution < -0.4 is 9.47 Å². The van der Waals surface area contributed by atoms with Gasteiger partial charge >= 0.3 is 0 Å². The molecule has 0 unspecified atom stereocenters. The quantitative estimate of drug-likeness (QED) is 0.599. The van der Waals surface area contributed by atoms with Crippen LogP contribution >= 0.6 is 11.6 Å². The van der Waals surface area contributed by atoms with Crippen LogP contribution in [0.5, 0.6) is 11.5 Å². The third-order valence-corrected chi connectivity index (χ3v) is 3.67. The molecule has 0 bridgehead atoms. The van der Waals surface area contributed by atoms with Crippen LogP contribution in [-0.2, 0) is 18.7 Å². The Morgan fingerprint density at radius 2 is 1.82 bits per heavy atom. The van der Waals surface area contributed by atoms with Crippen molar-refractivity contribution in [2.24, 2.45) is 0 Å². The fourth-order valence-electron chi connectivity index (χ4n) is 2.72. The number of fused-ring (bicyclic) bond motifs is 2. The van der Waals surface area contributed by atoms with Crippen LogP contribution in [0.3, 0.4) is 0 Å². The van der Waals surface area contributed by atoms with Gasteiger partial charge in [-0.05, 0) is 6.92 Å². The molecule has 2 heterocycles. The van der Waals surface area contributed by atoms with Gasteiger partial charge in [-0.2, -0.15) is 0 Å². The van der Waals surface area contributed by atoms with E-state index < -0.39 is 0 Å². The fraction of sp³-hybridized carbons (Fsp3) is 0.462. The van der Waals surface area contributed by atoms with Crippen LogP contribution in [0.25, 0.3) is 0 Å². The highest BCUT2D eigenvalue weighted by atomic mass is 35.5. The zero-order valence-corrected chi connectivity index (χ0v) is 10.4. The van der Waals surface area contributed by atoms with Crippen molar-refractivity contribution in [1.82, 2.24) is 0 Å². The number of benzene rings is 1. The zero-order chi connectivity index (χ0) is 12.0. The minimum Gasteiger partial charge on any atom is -0.493 e. The molecule has 0 aliphatic carbocycles. The molecule has 0 atom stereocenters. The second kappa shape index (κ2) is 3.91. The number of Topliss-reactive ketones (excluding diaryl/α,β-unsaturated/α-hetero) is 1. The molecule has 1 aromatic carbocycles. The number of hydrogen-bond donors (Lipinski definition) is 0. The van der Waals surface area contributed by atoms with Gasteiger partial charge in [0.1, 0.15) is 11.5 Å². The lowest BCUT2D eigenvalue weighted by molar-refractivity contribution is 0.101. The van der Waals surface area contributed by atoms with Crippen molar-refractivity contribution in [2.75, 3.05) is 13.2 Å². The standard InChI is InChI=1S/C13H13ClO3/c1-7(15)11-9-3-5-16-12(9)10(6-14)8-2-4-17-13(8)11/h2-6H2,1H3. The first-order valence-corrected chi connectivity index (χ1v) is 6.30. The van der Waals surface area contributed by atoms with Gasteiger partial charge in [-0.3, -0.25) is 4.79 Å². The number of rotatable bonds is 2. The molecule has 0 saturated heterocycles. The molecule has 3 rings (SSSR count). The first kappa shape index (κ1) is 10.9. The summed E-state index contributed by atoms with van der Waals surface area (Å²) >= 11 is 6.01. The minimum atomic E-state index is 0.0472. The summed E-state index contributed by atoms with van der Waals surface area (Å²) in [7, 11) is 0. The summed E-state index contributed by atoms with van der Waals surface area (Å²) in [6.45, 7) is 2.83. The summed E-state index contributed by atoms with van der Waals surface area (Å²) in [4.78, 5) is 11.8.